The van der Waals surface area contributed by atoms with Crippen LogP contribution < -0.4 is 10.5 Å². The van der Waals surface area contributed by atoms with E-state index in [9.17, 15) is 0 Å². The number of rotatable bonds is 3. The van der Waals surface area contributed by atoms with Gasteiger partial charge in [-0.1, -0.05) is 18.2 Å². The average Bonchev–Trinajstić information content (AvgIpc) is 2.32. The minimum atomic E-state index is 0.796. The molecule has 0 fully saturated rings. The van der Waals surface area contributed by atoms with Gasteiger partial charge in [-0.2, -0.15) is 0 Å². The van der Waals surface area contributed by atoms with E-state index in [1.807, 2.05) is 30.3 Å². The minimum absolute atomic E-state index is 0.796. The van der Waals surface area contributed by atoms with Crippen LogP contribution in [0.15, 0.2) is 46.9 Å². The minimum Gasteiger partial charge on any atom is -0.496 e. The Morgan fingerprint density at radius 3 is 2.29 bits per heavy atom. The molecule has 0 saturated heterocycles. The van der Waals surface area contributed by atoms with E-state index in [2.05, 4.69) is 28.1 Å². The maximum atomic E-state index is 5.66. The highest BCUT2D eigenvalue weighted by Crippen LogP contribution is 2.26. The van der Waals surface area contributed by atoms with Crippen molar-refractivity contribution in [1.82, 2.24) is 0 Å². The molecule has 0 bridgehead atoms. The predicted octanol–water partition coefficient (Wildman–Crippen LogP) is 3.63. The zero-order chi connectivity index (χ0) is 12.3. The van der Waals surface area contributed by atoms with Crippen molar-refractivity contribution in [3.8, 4) is 5.75 Å². The maximum absolute atomic E-state index is 5.66. The first-order valence-corrected chi connectivity index (χ1v) is 6.15. The summed E-state index contributed by atoms with van der Waals surface area (Å²) < 4.78 is 6.18. The van der Waals surface area contributed by atoms with Crippen LogP contribution >= 0.6 is 15.9 Å². The zero-order valence-corrected chi connectivity index (χ0v) is 11.2. The molecule has 17 heavy (non-hydrogen) atoms. The molecule has 2 nitrogen and oxygen atoms in total. The van der Waals surface area contributed by atoms with E-state index in [1.165, 1.54) is 11.1 Å². The maximum Gasteiger partial charge on any atom is 0.133 e. The monoisotopic (exact) mass is 291 g/mol. The van der Waals surface area contributed by atoms with Crippen LogP contribution in [0.3, 0.4) is 0 Å². The highest BCUT2D eigenvalue weighted by molar-refractivity contribution is 9.10. The third-order valence-electron chi connectivity index (χ3n) is 2.60. The molecule has 2 aromatic carbocycles. The average molecular weight is 292 g/mol. The van der Waals surface area contributed by atoms with Crippen LogP contribution in [0, 0.1) is 0 Å². The predicted molar refractivity (Wildman–Crippen MR) is 74.4 cm³/mol. The lowest BCUT2D eigenvalue weighted by molar-refractivity contribution is 0.412. The lowest BCUT2D eigenvalue weighted by Crippen LogP contribution is -1.91. The van der Waals surface area contributed by atoms with Crippen LogP contribution in [-0.4, -0.2) is 7.11 Å². The molecule has 2 N–H and O–H groups in total. The number of methoxy groups -OCH3 is 1. The van der Waals surface area contributed by atoms with Gasteiger partial charge in [0.1, 0.15) is 5.75 Å². The number of hydrogen-bond acceptors (Lipinski definition) is 2. The quantitative estimate of drug-likeness (QED) is 0.877. The van der Waals surface area contributed by atoms with Crippen LogP contribution in [-0.2, 0) is 6.42 Å². The van der Waals surface area contributed by atoms with E-state index in [0.29, 0.717) is 0 Å². The summed E-state index contributed by atoms with van der Waals surface area (Å²) in [6, 6.07) is 14.1. The van der Waals surface area contributed by atoms with Crippen molar-refractivity contribution in [1.29, 1.82) is 0 Å². The van der Waals surface area contributed by atoms with Crippen LogP contribution in [0.25, 0.3) is 0 Å². The molecule has 3 heteroatoms. The molecule has 0 atom stereocenters. The van der Waals surface area contributed by atoms with Crippen molar-refractivity contribution in [2.24, 2.45) is 0 Å². The summed E-state index contributed by atoms with van der Waals surface area (Å²) in [4.78, 5) is 0. The number of ether oxygens (including phenoxy) is 1. The first-order valence-electron chi connectivity index (χ1n) is 5.36. The Morgan fingerprint density at radius 1 is 1.06 bits per heavy atom. The van der Waals surface area contributed by atoms with E-state index >= 15 is 0 Å². The summed E-state index contributed by atoms with van der Waals surface area (Å²) in [5, 5.41) is 0. The second-order valence-corrected chi connectivity index (χ2v) is 4.74. The molecule has 0 aliphatic rings. The molecule has 2 aromatic rings. The summed E-state index contributed by atoms with van der Waals surface area (Å²) >= 11 is 3.49. The molecule has 0 aliphatic carbocycles. The number of nitrogens with two attached hydrogens (primary N) is 1. The first kappa shape index (κ1) is 12.0. The van der Waals surface area contributed by atoms with Gasteiger partial charge in [-0.05, 0) is 57.7 Å². The van der Waals surface area contributed by atoms with E-state index in [-0.39, 0.29) is 0 Å². The van der Waals surface area contributed by atoms with Gasteiger partial charge in [0.25, 0.3) is 0 Å². The Kier molecular flexibility index (Phi) is 3.69. The SMILES string of the molecule is COc1ccc(Cc2ccc(N)cc2)cc1Br. The molecule has 0 spiro atoms. The van der Waals surface area contributed by atoms with E-state index < -0.39 is 0 Å². The molecular weight excluding hydrogens is 278 g/mol. The van der Waals surface area contributed by atoms with Crippen molar-refractivity contribution in [2.75, 3.05) is 12.8 Å². The van der Waals surface area contributed by atoms with Crippen LogP contribution in [0.2, 0.25) is 0 Å². The normalized spacial score (nSPS) is 10.2. The van der Waals surface area contributed by atoms with Crippen molar-refractivity contribution >= 4 is 21.6 Å². The Balaban J connectivity index is 2.19. The topological polar surface area (TPSA) is 35.2 Å². The Hall–Kier alpha value is -1.48. The molecule has 0 aromatic heterocycles. The molecule has 0 aliphatic heterocycles. The molecule has 0 heterocycles. The standard InChI is InChI=1S/C14H14BrNO/c1-17-14-7-4-11(9-13(14)15)8-10-2-5-12(16)6-3-10/h2-7,9H,8,16H2,1H3. The summed E-state index contributed by atoms with van der Waals surface area (Å²) in [6.45, 7) is 0. The fraction of sp³-hybridized carbons (Fsp3) is 0.143. The molecule has 88 valence electrons. The molecular formula is C14H14BrNO. The van der Waals surface area contributed by atoms with E-state index in [1.54, 1.807) is 7.11 Å². The van der Waals surface area contributed by atoms with Gasteiger partial charge in [-0.25, -0.2) is 0 Å². The van der Waals surface area contributed by atoms with Gasteiger partial charge in [-0.15, -0.1) is 0 Å². The Labute approximate surface area is 110 Å². The number of halogens is 1. The summed E-state index contributed by atoms with van der Waals surface area (Å²) in [6.07, 6.45) is 0.892. The lowest BCUT2D eigenvalue weighted by atomic mass is 10.0. The number of benzene rings is 2. The molecule has 0 amide bonds. The van der Waals surface area contributed by atoms with Crippen LogP contribution in [0.4, 0.5) is 5.69 Å². The van der Waals surface area contributed by atoms with E-state index in [4.69, 9.17) is 10.5 Å². The molecule has 0 unspecified atom stereocenters. The molecule has 0 radical (unpaired) electrons. The van der Waals surface area contributed by atoms with Crippen molar-refractivity contribution in [3.63, 3.8) is 0 Å². The Bertz CT molecular complexity index is 508. The van der Waals surface area contributed by atoms with Crippen molar-refractivity contribution in [2.45, 2.75) is 6.42 Å². The van der Waals surface area contributed by atoms with Gasteiger partial charge in [-0.3, -0.25) is 0 Å². The third kappa shape index (κ3) is 3.01. The van der Waals surface area contributed by atoms with Gasteiger partial charge in [0.2, 0.25) is 0 Å². The van der Waals surface area contributed by atoms with Crippen LogP contribution in [0.5, 0.6) is 5.75 Å². The lowest BCUT2D eigenvalue weighted by Gasteiger charge is -2.06. The van der Waals surface area contributed by atoms with Gasteiger partial charge in [0.15, 0.2) is 0 Å². The van der Waals surface area contributed by atoms with Gasteiger partial charge in [0.05, 0.1) is 11.6 Å². The van der Waals surface area contributed by atoms with Crippen molar-refractivity contribution in [3.05, 3.63) is 58.1 Å². The first-order chi connectivity index (χ1) is 8.19. The van der Waals surface area contributed by atoms with Gasteiger partial charge < -0.3 is 10.5 Å². The largest absolute Gasteiger partial charge is 0.496 e. The number of anilines is 1. The summed E-state index contributed by atoms with van der Waals surface area (Å²) in [5.41, 5.74) is 8.94. The Morgan fingerprint density at radius 2 is 1.71 bits per heavy atom. The van der Waals surface area contributed by atoms with Crippen molar-refractivity contribution < 1.29 is 4.74 Å². The number of hydrogen-bond donors (Lipinski definition) is 1. The third-order valence-corrected chi connectivity index (χ3v) is 3.22. The summed E-state index contributed by atoms with van der Waals surface area (Å²) in [7, 11) is 1.67. The highest BCUT2D eigenvalue weighted by atomic mass is 79.9. The summed E-state index contributed by atoms with van der Waals surface area (Å²) in [5.74, 6) is 0.853. The van der Waals surface area contributed by atoms with E-state index in [0.717, 1.165) is 22.3 Å². The molecule has 2 rings (SSSR count). The van der Waals surface area contributed by atoms with Gasteiger partial charge >= 0.3 is 0 Å². The highest BCUT2D eigenvalue weighted by Gasteiger charge is 2.02. The second-order valence-electron chi connectivity index (χ2n) is 3.89. The molecule has 0 saturated carbocycles. The zero-order valence-electron chi connectivity index (χ0n) is 9.61. The van der Waals surface area contributed by atoms with Gasteiger partial charge in [0, 0.05) is 5.69 Å². The fourth-order valence-corrected chi connectivity index (χ4v) is 2.28. The second kappa shape index (κ2) is 5.23. The fourth-order valence-electron chi connectivity index (χ4n) is 1.69. The smallest absolute Gasteiger partial charge is 0.133 e. The van der Waals surface area contributed by atoms with Crippen LogP contribution in [0.1, 0.15) is 11.1 Å². The number of nitrogen functional groups attached to an aromatic ring is 1.